The molecule has 6 rings (SSSR count). The number of nitrogens with two attached hydrogens (primary N) is 1. The summed E-state index contributed by atoms with van der Waals surface area (Å²) in [6, 6.07) is 27.0. The molecule has 3 aromatic carbocycles. The summed E-state index contributed by atoms with van der Waals surface area (Å²) in [5.41, 5.74) is 9.48. The van der Waals surface area contributed by atoms with Crippen LogP contribution in [0.4, 0.5) is 0 Å². The van der Waals surface area contributed by atoms with Crippen molar-refractivity contribution >= 4 is 56.0 Å². The van der Waals surface area contributed by atoms with Crippen LogP contribution in [0.15, 0.2) is 97.2 Å². The summed E-state index contributed by atoms with van der Waals surface area (Å²) in [5.74, 6) is -1.10. The van der Waals surface area contributed by atoms with E-state index in [1.54, 1.807) is 53.1 Å². The average molecular weight is 549 g/mol. The van der Waals surface area contributed by atoms with Gasteiger partial charge in [0.1, 0.15) is 5.69 Å². The molecule has 190 valence electrons. The van der Waals surface area contributed by atoms with E-state index in [1.807, 2.05) is 55.5 Å². The molecular weight excluding hydrogens is 528 g/mol. The third-order valence-electron chi connectivity index (χ3n) is 6.87. The molecule has 39 heavy (non-hydrogen) atoms. The van der Waals surface area contributed by atoms with E-state index >= 15 is 0 Å². The molecule has 0 unspecified atom stereocenters. The Labute approximate surface area is 233 Å². The molecule has 0 fully saturated rings. The Morgan fingerprint density at radius 1 is 0.821 bits per heavy atom. The molecule has 3 aromatic heterocycles. The molecule has 3 heterocycles. The van der Waals surface area contributed by atoms with Crippen LogP contribution in [0.5, 0.6) is 0 Å². The molecule has 0 saturated carbocycles. The SMILES string of the molecule is Cc1c(C(=O)c2c(-c3ccccc3)c(C(=O)c3ccccc3)c3cc(C(N)=O)ccn23)sc2ccc(Cl)cc12. The normalized spacial score (nSPS) is 11.2. The predicted octanol–water partition coefficient (Wildman–Crippen LogP) is 7.34. The van der Waals surface area contributed by atoms with Crippen LogP contribution in [0.1, 0.15) is 47.2 Å². The molecule has 5 nitrogen and oxygen atoms in total. The number of aromatic nitrogens is 1. The molecule has 0 radical (unpaired) electrons. The van der Waals surface area contributed by atoms with Gasteiger partial charge in [0.15, 0.2) is 5.78 Å². The Bertz CT molecular complexity index is 1940. The van der Waals surface area contributed by atoms with Crippen molar-refractivity contribution in [3.05, 3.63) is 135 Å². The van der Waals surface area contributed by atoms with Gasteiger partial charge >= 0.3 is 0 Å². The van der Waals surface area contributed by atoms with Crippen LogP contribution in [-0.2, 0) is 0 Å². The van der Waals surface area contributed by atoms with E-state index in [9.17, 15) is 14.4 Å². The number of benzene rings is 3. The molecule has 0 aliphatic heterocycles. The fourth-order valence-electron chi connectivity index (χ4n) is 5.00. The molecule has 0 saturated heterocycles. The van der Waals surface area contributed by atoms with Gasteiger partial charge in [0.25, 0.3) is 0 Å². The first-order valence-corrected chi connectivity index (χ1v) is 13.4. The molecule has 1 amide bonds. The smallest absolute Gasteiger partial charge is 0.248 e. The summed E-state index contributed by atoms with van der Waals surface area (Å²) >= 11 is 7.65. The van der Waals surface area contributed by atoms with Crippen molar-refractivity contribution in [2.45, 2.75) is 6.92 Å². The second-order valence-electron chi connectivity index (χ2n) is 9.22. The lowest BCUT2D eigenvalue weighted by atomic mass is 9.93. The number of hydrogen-bond acceptors (Lipinski definition) is 4. The number of primary amides is 1. The lowest BCUT2D eigenvalue weighted by molar-refractivity contribution is 0.0997. The third kappa shape index (κ3) is 4.14. The Morgan fingerprint density at radius 3 is 2.21 bits per heavy atom. The number of carbonyl (C=O) groups is 3. The van der Waals surface area contributed by atoms with Gasteiger partial charge in [0, 0.05) is 32.6 Å². The minimum absolute atomic E-state index is 0.224. The quantitative estimate of drug-likeness (QED) is 0.221. The fourth-order valence-corrected chi connectivity index (χ4v) is 6.30. The van der Waals surface area contributed by atoms with Crippen LogP contribution in [0.3, 0.4) is 0 Å². The van der Waals surface area contributed by atoms with E-state index in [2.05, 4.69) is 0 Å². The number of hydrogen-bond donors (Lipinski definition) is 1. The summed E-state index contributed by atoms with van der Waals surface area (Å²) in [7, 11) is 0. The van der Waals surface area contributed by atoms with Crippen LogP contribution in [0.2, 0.25) is 5.02 Å². The number of ketones is 2. The van der Waals surface area contributed by atoms with Crippen molar-refractivity contribution in [2.24, 2.45) is 5.73 Å². The Kier molecular flexibility index (Phi) is 6.14. The standard InChI is InChI=1S/C32H21ClN2O3S/c1-18-23-17-22(33)12-13-25(23)39-31(18)30(37)28-26(19-8-4-2-5-9-19)27(29(36)20-10-6-3-7-11-20)24-16-21(32(34)38)14-15-35(24)28/h2-17H,1H3,(H2,34,38). The van der Waals surface area contributed by atoms with Crippen molar-refractivity contribution in [2.75, 3.05) is 0 Å². The highest BCUT2D eigenvalue weighted by Gasteiger charge is 2.31. The number of rotatable bonds is 6. The number of pyridine rings is 1. The van der Waals surface area contributed by atoms with Gasteiger partial charge < -0.3 is 10.1 Å². The van der Waals surface area contributed by atoms with Gasteiger partial charge in [-0.2, -0.15) is 0 Å². The highest BCUT2D eigenvalue weighted by molar-refractivity contribution is 7.21. The zero-order valence-corrected chi connectivity index (χ0v) is 22.3. The van der Waals surface area contributed by atoms with Gasteiger partial charge in [-0.25, -0.2) is 0 Å². The number of amides is 1. The predicted molar refractivity (Wildman–Crippen MR) is 156 cm³/mol. The van der Waals surface area contributed by atoms with Gasteiger partial charge in [0.2, 0.25) is 11.7 Å². The van der Waals surface area contributed by atoms with Crippen molar-refractivity contribution < 1.29 is 14.4 Å². The van der Waals surface area contributed by atoms with Crippen LogP contribution < -0.4 is 5.73 Å². The second-order valence-corrected chi connectivity index (χ2v) is 10.7. The molecule has 0 spiro atoms. The number of fused-ring (bicyclic) bond motifs is 2. The monoisotopic (exact) mass is 548 g/mol. The second kappa shape index (κ2) is 9.66. The maximum atomic E-state index is 14.5. The number of thiophene rings is 1. The highest BCUT2D eigenvalue weighted by atomic mass is 35.5. The zero-order valence-electron chi connectivity index (χ0n) is 20.8. The molecular formula is C32H21ClN2O3S. The Balaban J connectivity index is 1.72. The summed E-state index contributed by atoms with van der Waals surface area (Å²) in [5, 5.41) is 1.50. The van der Waals surface area contributed by atoms with Crippen LogP contribution in [-0.4, -0.2) is 21.9 Å². The summed E-state index contributed by atoms with van der Waals surface area (Å²) in [4.78, 5) is 41.3. The Hall–Kier alpha value is -4.52. The third-order valence-corrected chi connectivity index (χ3v) is 8.38. The molecule has 0 aliphatic rings. The van der Waals surface area contributed by atoms with E-state index in [0.717, 1.165) is 15.6 Å². The summed E-state index contributed by atoms with van der Waals surface area (Å²) in [6.45, 7) is 1.90. The number of nitrogens with zero attached hydrogens (tertiary/aromatic N) is 1. The maximum Gasteiger partial charge on any atom is 0.248 e. The Morgan fingerprint density at radius 2 is 1.51 bits per heavy atom. The molecule has 0 aliphatic carbocycles. The van der Waals surface area contributed by atoms with Crippen molar-refractivity contribution in [1.82, 2.24) is 4.40 Å². The largest absolute Gasteiger partial charge is 0.366 e. The van der Waals surface area contributed by atoms with E-state index in [1.165, 1.54) is 11.3 Å². The summed E-state index contributed by atoms with van der Waals surface area (Å²) in [6.07, 6.45) is 1.64. The minimum atomic E-state index is -0.622. The average Bonchev–Trinajstić information content (AvgIpc) is 3.47. The van der Waals surface area contributed by atoms with Gasteiger partial charge in [-0.3, -0.25) is 14.4 Å². The van der Waals surface area contributed by atoms with E-state index in [-0.39, 0.29) is 17.1 Å². The van der Waals surface area contributed by atoms with Crippen molar-refractivity contribution in [3.8, 4) is 11.1 Å². The maximum absolute atomic E-state index is 14.5. The fraction of sp³-hybridized carbons (Fsp3) is 0.0312. The molecule has 2 N–H and O–H groups in total. The van der Waals surface area contributed by atoms with Crippen LogP contribution >= 0.6 is 22.9 Å². The molecule has 0 atom stereocenters. The number of aryl methyl sites for hydroxylation is 1. The zero-order chi connectivity index (χ0) is 27.3. The first kappa shape index (κ1) is 24.8. The van der Waals surface area contributed by atoms with E-state index < -0.39 is 5.91 Å². The number of halogens is 1. The minimum Gasteiger partial charge on any atom is -0.366 e. The first-order valence-electron chi connectivity index (χ1n) is 12.2. The van der Waals surface area contributed by atoms with Crippen LogP contribution in [0.25, 0.3) is 26.7 Å². The van der Waals surface area contributed by atoms with E-state index in [0.29, 0.717) is 43.4 Å². The van der Waals surface area contributed by atoms with E-state index in [4.69, 9.17) is 17.3 Å². The lowest BCUT2D eigenvalue weighted by Crippen LogP contribution is -2.12. The first-order chi connectivity index (χ1) is 18.8. The van der Waals surface area contributed by atoms with Gasteiger partial charge in [-0.05, 0) is 53.8 Å². The number of carbonyl (C=O) groups excluding carboxylic acids is 3. The topological polar surface area (TPSA) is 81.6 Å². The molecule has 6 aromatic rings. The molecule has 0 bridgehead atoms. The van der Waals surface area contributed by atoms with Crippen molar-refractivity contribution in [1.29, 1.82) is 0 Å². The lowest BCUT2D eigenvalue weighted by Gasteiger charge is -2.08. The van der Waals surface area contributed by atoms with Gasteiger partial charge in [-0.15, -0.1) is 11.3 Å². The summed E-state index contributed by atoms with van der Waals surface area (Å²) < 4.78 is 2.64. The highest BCUT2D eigenvalue weighted by Crippen LogP contribution is 2.40. The van der Waals surface area contributed by atoms with Gasteiger partial charge in [-0.1, -0.05) is 72.3 Å². The van der Waals surface area contributed by atoms with Gasteiger partial charge in [0.05, 0.1) is 16.0 Å². The van der Waals surface area contributed by atoms with Crippen LogP contribution in [0, 0.1) is 6.92 Å². The van der Waals surface area contributed by atoms with Crippen molar-refractivity contribution in [3.63, 3.8) is 0 Å². The molecule has 7 heteroatoms.